The molecule has 7 heteroatoms. The molecular formula is C15H18N4O2S. The highest BCUT2D eigenvalue weighted by Gasteiger charge is 2.42. The summed E-state index contributed by atoms with van der Waals surface area (Å²) in [4.78, 5) is 19.9. The van der Waals surface area contributed by atoms with Crippen LogP contribution < -0.4 is 10.6 Å². The fraction of sp³-hybridized carbons (Fsp3) is 0.467. The standard InChI is InChI=1S/C15H18N4O2S/c1-8-17-13-12(22-8)5-4-11(16)14(13)18-6-10-3-2-9(18)7-19(10)15(20)21/h4-5,9-10H,2-3,6-7,16H2,1H3,(H,20,21)/t9-,10-/m0/s1. The zero-order valence-corrected chi connectivity index (χ0v) is 13.1. The Balaban J connectivity index is 1.77. The highest BCUT2D eigenvalue weighted by Crippen LogP contribution is 2.40. The minimum atomic E-state index is -0.815. The van der Waals surface area contributed by atoms with Gasteiger partial charge in [-0.15, -0.1) is 11.3 Å². The molecule has 2 bridgehead atoms. The molecule has 3 aliphatic rings. The van der Waals surface area contributed by atoms with Gasteiger partial charge in [0.1, 0.15) is 5.52 Å². The predicted octanol–water partition coefficient (Wildman–Crippen LogP) is 2.52. The molecule has 3 saturated heterocycles. The quantitative estimate of drug-likeness (QED) is 0.790. The summed E-state index contributed by atoms with van der Waals surface area (Å²) in [5.74, 6) is 0. The third kappa shape index (κ3) is 1.92. The number of benzene rings is 1. The van der Waals surface area contributed by atoms with E-state index in [2.05, 4.69) is 9.88 Å². The third-order valence-electron chi connectivity index (χ3n) is 4.73. The van der Waals surface area contributed by atoms with Crippen LogP contribution in [0, 0.1) is 6.92 Å². The molecule has 0 aliphatic carbocycles. The van der Waals surface area contributed by atoms with Crippen molar-refractivity contribution in [3.63, 3.8) is 0 Å². The highest BCUT2D eigenvalue weighted by molar-refractivity contribution is 7.18. The number of piperidine rings is 2. The van der Waals surface area contributed by atoms with Gasteiger partial charge >= 0.3 is 6.09 Å². The van der Waals surface area contributed by atoms with Gasteiger partial charge in [-0.1, -0.05) is 0 Å². The van der Waals surface area contributed by atoms with Gasteiger partial charge in [0.2, 0.25) is 0 Å². The minimum Gasteiger partial charge on any atom is -0.465 e. The van der Waals surface area contributed by atoms with Crippen LogP contribution in [0.15, 0.2) is 12.1 Å². The normalized spacial score (nSPS) is 24.2. The Kier molecular flexibility index (Phi) is 2.94. The number of aromatic nitrogens is 1. The number of nitrogens with two attached hydrogens (primary N) is 1. The van der Waals surface area contributed by atoms with Crippen molar-refractivity contribution in [1.29, 1.82) is 0 Å². The van der Waals surface area contributed by atoms with Gasteiger partial charge in [-0.3, -0.25) is 0 Å². The van der Waals surface area contributed by atoms with Crippen molar-refractivity contribution in [3.05, 3.63) is 17.1 Å². The van der Waals surface area contributed by atoms with Crippen molar-refractivity contribution in [1.82, 2.24) is 9.88 Å². The number of carbonyl (C=O) groups is 1. The first-order chi connectivity index (χ1) is 10.5. The number of nitrogens with zero attached hydrogens (tertiary/aromatic N) is 3. The smallest absolute Gasteiger partial charge is 0.407 e. The Morgan fingerprint density at radius 1 is 1.36 bits per heavy atom. The number of piperazine rings is 1. The van der Waals surface area contributed by atoms with Crippen molar-refractivity contribution in [2.24, 2.45) is 0 Å². The molecule has 0 saturated carbocycles. The summed E-state index contributed by atoms with van der Waals surface area (Å²) in [6.45, 7) is 3.26. The van der Waals surface area contributed by atoms with Crippen LogP contribution in [0.25, 0.3) is 10.2 Å². The summed E-state index contributed by atoms with van der Waals surface area (Å²) in [5, 5.41) is 10.3. The number of rotatable bonds is 1. The van der Waals surface area contributed by atoms with Crippen molar-refractivity contribution in [2.45, 2.75) is 31.8 Å². The molecule has 6 nitrogen and oxygen atoms in total. The molecule has 3 fully saturated rings. The van der Waals surface area contributed by atoms with Gasteiger partial charge in [0.05, 0.1) is 27.1 Å². The molecule has 4 heterocycles. The highest BCUT2D eigenvalue weighted by atomic mass is 32.1. The van der Waals surface area contributed by atoms with E-state index >= 15 is 0 Å². The molecule has 0 radical (unpaired) electrons. The number of nitrogen functional groups attached to an aromatic ring is 1. The molecule has 0 unspecified atom stereocenters. The van der Waals surface area contributed by atoms with Crippen LogP contribution in [0.4, 0.5) is 16.2 Å². The number of aryl methyl sites for hydroxylation is 1. The van der Waals surface area contributed by atoms with Gasteiger partial charge in [-0.25, -0.2) is 9.78 Å². The average molecular weight is 318 g/mol. The zero-order chi connectivity index (χ0) is 15.4. The molecule has 116 valence electrons. The minimum absolute atomic E-state index is 0.0527. The summed E-state index contributed by atoms with van der Waals surface area (Å²) in [6.07, 6.45) is 1.12. The fourth-order valence-electron chi connectivity index (χ4n) is 3.74. The summed E-state index contributed by atoms with van der Waals surface area (Å²) >= 11 is 1.67. The van der Waals surface area contributed by atoms with E-state index in [1.165, 1.54) is 0 Å². The Morgan fingerprint density at radius 3 is 2.82 bits per heavy atom. The average Bonchev–Trinajstić information content (AvgIpc) is 2.87. The lowest BCUT2D eigenvalue weighted by Gasteiger charge is -2.51. The van der Waals surface area contributed by atoms with Crippen molar-refractivity contribution < 1.29 is 9.90 Å². The van der Waals surface area contributed by atoms with E-state index < -0.39 is 6.09 Å². The van der Waals surface area contributed by atoms with Gasteiger partial charge < -0.3 is 20.6 Å². The number of anilines is 2. The van der Waals surface area contributed by atoms with Crippen LogP contribution in [0.2, 0.25) is 0 Å². The number of carboxylic acid groups (broad SMARTS) is 1. The second-order valence-corrected chi connectivity index (χ2v) is 7.29. The van der Waals surface area contributed by atoms with Gasteiger partial charge in [-0.05, 0) is 31.9 Å². The molecule has 22 heavy (non-hydrogen) atoms. The first kappa shape index (κ1) is 13.6. The summed E-state index contributed by atoms with van der Waals surface area (Å²) in [5.41, 5.74) is 8.92. The Bertz CT molecular complexity index is 759. The third-order valence-corrected chi connectivity index (χ3v) is 5.67. The Labute approximate surface area is 132 Å². The van der Waals surface area contributed by atoms with Gasteiger partial charge in [0.25, 0.3) is 0 Å². The van der Waals surface area contributed by atoms with E-state index in [1.807, 2.05) is 19.1 Å². The number of fused-ring (bicyclic) bond motifs is 4. The first-order valence-electron chi connectivity index (χ1n) is 7.46. The monoisotopic (exact) mass is 318 g/mol. The largest absolute Gasteiger partial charge is 0.465 e. The van der Waals surface area contributed by atoms with Crippen LogP contribution in [0.1, 0.15) is 17.8 Å². The van der Waals surface area contributed by atoms with Crippen molar-refractivity contribution in [2.75, 3.05) is 23.7 Å². The second-order valence-electron chi connectivity index (χ2n) is 6.06. The van der Waals surface area contributed by atoms with Crippen molar-refractivity contribution in [3.8, 4) is 0 Å². The first-order valence-corrected chi connectivity index (χ1v) is 8.28. The molecule has 0 spiro atoms. The molecule has 1 aromatic heterocycles. The maximum atomic E-state index is 11.3. The second kappa shape index (κ2) is 4.74. The van der Waals surface area contributed by atoms with E-state index in [-0.39, 0.29) is 12.1 Å². The topological polar surface area (TPSA) is 82.7 Å². The lowest BCUT2D eigenvalue weighted by Crippen LogP contribution is -2.64. The van der Waals surface area contributed by atoms with Gasteiger partial charge in [-0.2, -0.15) is 0 Å². The molecule has 2 atom stereocenters. The molecule has 3 N–H and O–H groups in total. The maximum absolute atomic E-state index is 11.3. The lowest BCUT2D eigenvalue weighted by molar-refractivity contribution is 0.0808. The number of thiazole rings is 1. The predicted molar refractivity (Wildman–Crippen MR) is 87.7 cm³/mol. The van der Waals surface area contributed by atoms with Crippen LogP contribution in [0.5, 0.6) is 0 Å². The van der Waals surface area contributed by atoms with E-state index in [4.69, 9.17) is 5.73 Å². The molecule has 2 aromatic rings. The van der Waals surface area contributed by atoms with E-state index in [1.54, 1.807) is 16.2 Å². The Hall–Kier alpha value is -2.02. The molecule has 3 aliphatic heterocycles. The Morgan fingerprint density at radius 2 is 2.14 bits per heavy atom. The molecule has 5 rings (SSSR count). The fourth-order valence-corrected chi connectivity index (χ4v) is 4.58. The SMILES string of the molecule is Cc1nc2c(N3C[C@@H]4CC[C@H]3CN4C(=O)O)c(N)ccc2s1. The van der Waals surface area contributed by atoms with Crippen LogP contribution in [-0.4, -0.2) is 46.3 Å². The number of hydrogen-bond donors (Lipinski definition) is 2. The van der Waals surface area contributed by atoms with Crippen LogP contribution >= 0.6 is 11.3 Å². The maximum Gasteiger partial charge on any atom is 0.407 e. The lowest BCUT2D eigenvalue weighted by atomic mass is 9.90. The summed E-state index contributed by atoms with van der Waals surface area (Å²) in [7, 11) is 0. The molecule has 1 amide bonds. The van der Waals surface area contributed by atoms with Crippen molar-refractivity contribution >= 4 is 39.0 Å². The molecule has 1 aromatic carbocycles. The summed E-state index contributed by atoms with van der Waals surface area (Å²) < 4.78 is 1.14. The van der Waals surface area contributed by atoms with Crippen LogP contribution in [-0.2, 0) is 0 Å². The van der Waals surface area contributed by atoms with Gasteiger partial charge in [0.15, 0.2) is 0 Å². The summed E-state index contributed by atoms with van der Waals surface area (Å²) in [6, 6.07) is 4.20. The van der Waals surface area contributed by atoms with E-state index in [0.717, 1.165) is 39.4 Å². The number of hydrogen-bond acceptors (Lipinski definition) is 5. The zero-order valence-electron chi connectivity index (χ0n) is 12.3. The van der Waals surface area contributed by atoms with E-state index in [0.29, 0.717) is 13.1 Å². The number of amides is 1. The van der Waals surface area contributed by atoms with Crippen LogP contribution in [0.3, 0.4) is 0 Å². The van der Waals surface area contributed by atoms with Gasteiger partial charge in [0, 0.05) is 19.1 Å². The molecular weight excluding hydrogens is 300 g/mol. The van der Waals surface area contributed by atoms with E-state index in [9.17, 15) is 9.90 Å².